The molecule has 1 heterocycles. The molecule has 0 fully saturated rings. The summed E-state index contributed by atoms with van der Waals surface area (Å²) in [6.45, 7) is 3.67. The van der Waals surface area contributed by atoms with Gasteiger partial charge in [-0.2, -0.15) is 0 Å². The highest BCUT2D eigenvalue weighted by molar-refractivity contribution is 5.54. The fraction of sp³-hybridized carbons (Fsp3) is 0.143. The highest BCUT2D eigenvalue weighted by atomic mass is 19.1. The van der Waals surface area contributed by atoms with Gasteiger partial charge in [-0.3, -0.25) is 0 Å². The number of aromatic nitrogens is 2. The molecule has 0 atom stereocenters. The Bertz CT molecular complexity index is 489. The Labute approximate surface area is 99.9 Å². The zero-order chi connectivity index (χ0) is 12.1. The average Bonchev–Trinajstić information content (AvgIpc) is 2.38. The third-order valence-corrected chi connectivity index (χ3v) is 2.44. The number of hydrogen-bond acceptors (Lipinski definition) is 2. The molecule has 86 valence electrons. The Morgan fingerprint density at radius 3 is 2.35 bits per heavy atom. The highest BCUT2D eigenvalue weighted by Gasteiger charge is 2.01. The molecule has 1 aromatic carbocycles. The molecule has 0 saturated heterocycles. The zero-order valence-electron chi connectivity index (χ0n) is 9.44. The van der Waals surface area contributed by atoms with Crippen LogP contribution >= 0.6 is 0 Å². The molecule has 0 unspecified atom stereocenters. The summed E-state index contributed by atoms with van der Waals surface area (Å²) in [6, 6.07) is 6.16. The summed E-state index contributed by atoms with van der Waals surface area (Å²) in [7, 11) is 0. The van der Waals surface area contributed by atoms with Gasteiger partial charge in [-0.1, -0.05) is 6.08 Å². The average molecular weight is 228 g/mol. The molecule has 0 saturated carbocycles. The van der Waals surface area contributed by atoms with Crippen molar-refractivity contribution in [2.45, 2.75) is 12.8 Å². The summed E-state index contributed by atoms with van der Waals surface area (Å²) in [5.74, 6) is 0.365. The van der Waals surface area contributed by atoms with Crippen molar-refractivity contribution in [2.24, 2.45) is 0 Å². The van der Waals surface area contributed by atoms with Gasteiger partial charge in [0.05, 0.1) is 0 Å². The molecule has 0 aliphatic rings. The topological polar surface area (TPSA) is 25.8 Å². The van der Waals surface area contributed by atoms with E-state index in [1.165, 1.54) is 12.1 Å². The second kappa shape index (κ2) is 5.34. The van der Waals surface area contributed by atoms with Crippen LogP contribution < -0.4 is 0 Å². The molecule has 17 heavy (non-hydrogen) atoms. The van der Waals surface area contributed by atoms with Crippen LogP contribution in [0, 0.1) is 5.82 Å². The maximum absolute atomic E-state index is 12.8. The Hall–Kier alpha value is -2.03. The first-order valence-electron chi connectivity index (χ1n) is 5.47. The number of benzene rings is 1. The third-order valence-electron chi connectivity index (χ3n) is 2.44. The van der Waals surface area contributed by atoms with E-state index in [0.29, 0.717) is 5.82 Å². The van der Waals surface area contributed by atoms with Crippen LogP contribution in [0.15, 0.2) is 49.3 Å². The molecule has 0 amide bonds. The van der Waals surface area contributed by atoms with Gasteiger partial charge < -0.3 is 0 Å². The van der Waals surface area contributed by atoms with Crippen LogP contribution in [-0.4, -0.2) is 9.97 Å². The maximum Gasteiger partial charge on any atom is 0.159 e. The number of allylic oxidation sites excluding steroid dienone is 1. The second-order valence-corrected chi connectivity index (χ2v) is 3.75. The Kier molecular flexibility index (Phi) is 3.60. The standard InChI is InChI=1S/C14H13FN2/c1-2-3-4-11-9-16-14(17-10-11)12-5-7-13(15)8-6-12/h2,5-10H,1,3-4H2. The van der Waals surface area contributed by atoms with E-state index in [9.17, 15) is 4.39 Å². The summed E-state index contributed by atoms with van der Waals surface area (Å²) in [4.78, 5) is 8.53. The van der Waals surface area contributed by atoms with Gasteiger partial charge in [0.15, 0.2) is 5.82 Å². The van der Waals surface area contributed by atoms with E-state index in [4.69, 9.17) is 0 Å². The summed E-state index contributed by atoms with van der Waals surface area (Å²) in [5.41, 5.74) is 1.90. The number of halogens is 1. The third kappa shape index (κ3) is 2.97. The first kappa shape index (κ1) is 11.5. The molecule has 2 rings (SSSR count). The monoisotopic (exact) mass is 228 g/mol. The van der Waals surface area contributed by atoms with Crippen molar-refractivity contribution in [3.05, 3.63) is 60.7 Å². The first-order valence-corrected chi connectivity index (χ1v) is 5.47. The van der Waals surface area contributed by atoms with E-state index in [-0.39, 0.29) is 5.82 Å². The Morgan fingerprint density at radius 2 is 1.76 bits per heavy atom. The van der Waals surface area contributed by atoms with Gasteiger partial charge in [0.25, 0.3) is 0 Å². The lowest BCUT2D eigenvalue weighted by atomic mass is 10.2. The van der Waals surface area contributed by atoms with Crippen molar-refractivity contribution in [2.75, 3.05) is 0 Å². The molecular weight excluding hydrogens is 215 g/mol. The zero-order valence-corrected chi connectivity index (χ0v) is 9.44. The largest absolute Gasteiger partial charge is 0.236 e. The van der Waals surface area contributed by atoms with E-state index in [2.05, 4.69) is 16.5 Å². The Morgan fingerprint density at radius 1 is 1.12 bits per heavy atom. The minimum Gasteiger partial charge on any atom is -0.236 e. The minimum absolute atomic E-state index is 0.253. The molecule has 0 aliphatic heterocycles. The summed E-state index contributed by atoms with van der Waals surface area (Å²) in [5, 5.41) is 0. The van der Waals surface area contributed by atoms with Gasteiger partial charge in [0.1, 0.15) is 5.82 Å². The number of hydrogen-bond donors (Lipinski definition) is 0. The van der Waals surface area contributed by atoms with Crippen molar-refractivity contribution >= 4 is 0 Å². The second-order valence-electron chi connectivity index (χ2n) is 3.75. The highest BCUT2D eigenvalue weighted by Crippen LogP contribution is 2.15. The van der Waals surface area contributed by atoms with Gasteiger partial charge in [-0.25, -0.2) is 14.4 Å². The summed E-state index contributed by atoms with van der Waals surface area (Å²) in [6.07, 6.45) is 7.28. The molecule has 2 aromatic rings. The normalized spacial score (nSPS) is 10.2. The first-order chi connectivity index (χ1) is 8.29. The molecule has 0 aliphatic carbocycles. The number of aryl methyl sites for hydroxylation is 1. The number of nitrogens with zero attached hydrogens (tertiary/aromatic N) is 2. The van der Waals surface area contributed by atoms with Gasteiger partial charge in [0.2, 0.25) is 0 Å². The Balaban J connectivity index is 2.17. The van der Waals surface area contributed by atoms with Crippen LogP contribution in [0.3, 0.4) is 0 Å². The SMILES string of the molecule is C=CCCc1cnc(-c2ccc(F)cc2)nc1. The maximum atomic E-state index is 12.8. The van der Waals surface area contributed by atoms with Crippen LogP contribution in [0.2, 0.25) is 0 Å². The molecule has 0 N–H and O–H groups in total. The molecule has 0 bridgehead atoms. The van der Waals surface area contributed by atoms with Crippen molar-refractivity contribution in [3.63, 3.8) is 0 Å². The van der Waals surface area contributed by atoms with Gasteiger partial charge in [-0.05, 0) is 42.7 Å². The minimum atomic E-state index is -0.253. The molecule has 3 heteroatoms. The van der Waals surface area contributed by atoms with E-state index in [1.54, 1.807) is 24.5 Å². The van der Waals surface area contributed by atoms with E-state index >= 15 is 0 Å². The lowest BCUT2D eigenvalue weighted by Gasteiger charge is -2.01. The predicted molar refractivity (Wildman–Crippen MR) is 65.9 cm³/mol. The summed E-state index contributed by atoms with van der Waals surface area (Å²) < 4.78 is 12.8. The van der Waals surface area contributed by atoms with Crippen molar-refractivity contribution < 1.29 is 4.39 Å². The fourth-order valence-corrected chi connectivity index (χ4v) is 1.50. The van der Waals surface area contributed by atoms with E-state index in [1.807, 2.05) is 6.08 Å². The summed E-state index contributed by atoms with van der Waals surface area (Å²) >= 11 is 0. The fourth-order valence-electron chi connectivity index (χ4n) is 1.50. The lowest BCUT2D eigenvalue weighted by Crippen LogP contribution is -1.92. The van der Waals surface area contributed by atoms with Gasteiger partial charge >= 0.3 is 0 Å². The van der Waals surface area contributed by atoms with Crippen LogP contribution in [-0.2, 0) is 6.42 Å². The molecular formula is C14H13FN2. The van der Waals surface area contributed by atoms with E-state index < -0.39 is 0 Å². The van der Waals surface area contributed by atoms with E-state index in [0.717, 1.165) is 24.0 Å². The van der Waals surface area contributed by atoms with Crippen molar-refractivity contribution in [1.82, 2.24) is 9.97 Å². The molecule has 1 aromatic heterocycles. The van der Waals surface area contributed by atoms with Crippen molar-refractivity contribution in [3.8, 4) is 11.4 Å². The lowest BCUT2D eigenvalue weighted by molar-refractivity contribution is 0.628. The van der Waals surface area contributed by atoms with Crippen molar-refractivity contribution in [1.29, 1.82) is 0 Å². The quantitative estimate of drug-likeness (QED) is 0.749. The molecule has 2 nitrogen and oxygen atoms in total. The predicted octanol–water partition coefficient (Wildman–Crippen LogP) is 3.40. The number of rotatable bonds is 4. The van der Waals surface area contributed by atoms with Crippen LogP contribution in [0.5, 0.6) is 0 Å². The van der Waals surface area contributed by atoms with Crippen LogP contribution in [0.25, 0.3) is 11.4 Å². The molecule has 0 spiro atoms. The smallest absolute Gasteiger partial charge is 0.159 e. The van der Waals surface area contributed by atoms with Crippen LogP contribution in [0.4, 0.5) is 4.39 Å². The van der Waals surface area contributed by atoms with Crippen LogP contribution in [0.1, 0.15) is 12.0 Å². The molecule has 0 radical (unpaired) electrons. The van der Waals surface area contributed by atoms with Gasteiger partial charge in [0, 0.05) is 18.0 Å². The van der Waals surface area contributed by atoms with Gasteiger partial charge in [-0.15, -0.1) is 6.58 Å².